The Balaban J connectivity index is 0.000000377. The van der Waals surface area contributed by atoms with Crippen molar-refractivity contribution in [1.82, 2.24) is 0 Å². The van der Waals surface area contributed by atoms with E-state index in [0.717, 1.165) is 41.9 Å². The average Bonchev–Trinajstić information content (AvgIpc) is 2.64. The van der Waals surface area contributed by atoms with Crippen LogP contribution >= 0.6 is 0 Å². The summed E-state index contributed by atoms with van der Waals surface area (Å²) in [6, 6.07) is 3.99. The van der Waals surface area contributed by atoms with Gasteiger partial charge < -0.3 is 35.4 Å². The van der Waals surface area contributed by atoms with Gasteiger partial charge in [-0.05, 0) is 25.0 Å². The van der Waals surface area contributed by atoms with E-state index >= 15 is 0 Å². The van der Waals surface area contributed by atoms with E-state index in [1.54, 1.807) is 6.07 Å². The first kappa shape index (κ1) is 22.3. The summed E-state index contributed by atoms with van der Waals surface area (Å²) in [5.41, 5.74) is 7.26. The summed E-state index contributed by atoms with van der Waals surface area (Å²) in [5, 5.41) is 38.5. The second-order valence-electron chi connectivity index (χ2n) is 9.22. The van der Waals surface area contributed by atoms with Crippen LogP contribution in [0.25, 0.3) is 0 Å². The van der Waals surface area contributed by atoms with Crippen LogP contribution in [-0.4, -0.2) is 70.6 Å². The minimum atomic E-state index is -1.44. The molecule has 5 atom stereocenters. The minimum Gasteiger partial charge on any atom is -0.547 e. The van der Waals surface area contributed by atoms with E-state index in [0.29, 0.717) is 12.5 Å². The predicted octanol–water partition coefficient (Wildman–Crippen LogP) is -0.812. The van der Waals surface area contributed by atoms with Crippen LogP contribution in [0.5, 0.6) is 5.75 Å². The average molecular weight is 418 g/mol. The lowest BCUT2D eigenvalue weighted by Gasteiger charge is -2.59. The Kier molecular flexibility index (Phi) is 5.70. The first-order chi connectivity index (χ1) is 13.9. The third-order valence-electron chi connectivity index (χ3n) is 7.00. The molecule has 4 rings (SSSR count). The van der Waals surface area contributed by atoms with Crippen molar-refractivity contribution in [2.75, 3.05) is 20.6 Å². The van der Waals surface area contributed by atoms with E-state index in [9.17, 15) is 24.9 Å². The number of carboxylic acid groups (broad SMARTS) is 1. The fraction of sp³-hybridized carbons (Fsp3) is 0.545. The summed E-state index contributed by atoms with van der Waals surface area (Å²) >= 11 is 0. The van der Waals surface area contributed by atoms with Gasteiger partial charge in [-0.3, -0.25) is 4.79 Å². The van der Waals surface area contributed by atoms with Gasteiger partial charge in [-0.15, -0.1) is 0 Å². The zero-order valence-corrected chi connectivity index (χ0v) is 17.5. The number of aliphatic hydroxyl groups excluding tert-OH is 2. The summed E-state index contributed by atoms with van der Waals surface area (Å²) in [7, 11) is 4.52. The number of carbonyl (C=O) groups excluding carboxylic acids is 2. The monoisotopic (exact) mass is 418 g/mol. The Morgan fingerprint density at radius 1 is 1.30 bits per heavy atom. The van der Waals surface area contributed by atoms with Crippen molar-refractivity contribution in [3.8, 4) is 5.75 Å². The second-order valence-corrected chi connectivity index (χ2v) is 9.22. The first-order valence-electron chi connectivity index (χ1n) is 10.1. The van der Waals surface area contributed by atoms with Crippen LogP contribution in [0.1, 0.15) is 41.3 Å². The van der Waals surface area contributed by atoms with E-state index < -0.39 is 24.1 Å². The second kappa shape index (κ2) is 7.68. The number of aliphatic carboxylic acids is 1. The number of carboxylic acids is 1. The highest BCUT2D eigenvalue weighted by Gasteiger charge is 2.59. The molecule has 0 radical (unpaired) electrons. The molecule has 1 aromatic carbocycles. The molecule has 1 fully saturated rings. The van der Waals surface area contributed by atoms with Crippen molar-refractivity contribution in [3.05, 3.63) is 41.0 Å². The lowest BCUT2D eigenvalue weighted by atomic mass is 9.53. The number of piperidine rings is 1. The van der Waals surface area contributed by atoms with Crippen LogP contribution in [0.3, 0.4) is 0 Å². The van der Waals surface area contributed by atoms with E-state index in [2.05, 4.69) is 20.2 Å². The number of likely N-dealkylation sites (tertiary alicyclic amines) is 1. The molecule has 0 aromatic heterocycles. The number of quaternary nitrogens is 1. The lowest BCUT2D eigenvalue weighted by molar-refractivity contribution is -0.926. The van der Waals surface area contributed by atoms with Gasteiger partial charge in [0.25, 0.3) is 5.91 Å². The Morgan fingerprint density at radius 2 is 1.93 bits per heavy atom. The largest absolute Gasteiger partial charge is 0.547 e. The van der Waals surface area contributed by atoms with Gasteiger partial charge in [0.05, 0.1) is 50.4 Å². The van der Waals surface area contributed by atoms with Gasteiger partial charge >= 0.3 is 0 Å². The molecule has 164 valence electrons. The number of amides is 1. The lowest BCUT2D eigenvalue weighted by Crippen LogP contribution is -2.67. The molecule has 8 heteroatoms. The van der Waals surface area contributed by atoms with Crippen LogP contribution in [0.2, 0.25) is 0 Å². The quantitative estimate of drug-likeness (QED) is 0.365. The Labute approximate surface area is 175 Å². The Morgan fingerprint density at radius 3 is 2.50 bits per heavy atom. The van der Waals surface area contributed by atoms with Crippen LogP contribution in [-0.2, 0) is 16.6 Å². The van der Waals surface area contributed by atoms with Gasteiger partial charge in [0.15, 0.2) is 0 Å². The molecule has 1 saturated heterocycles. The van der Waals surface area contributed by atoms with Gasteiger partial charge in [0.2, 0.25) is 0 Å². The number of aliphatic hydroxyl groups is 2. The number of nitrogens with zero attached hydrogens (tertiary/aromatic N) is 1. The fourth-order valence-electron chi connectivity index (χ4n) is 5.41. The van der Waals surface area contributed by atoms with Crippen molar-refractivity contribution >= 4 is 11.9 Å². The number of nitrogens with two attached hydrogens (primary N) is 1. The number of hydrogen-bond donors (Lipinski definition) is 4. The van der Waals surface area contributed by atoms with Crippen LogP contribution in [0.15, 0.2) is 24.3 Å². The van der Waals surface area contributed by atoms with E-state index in [4.69, 9.17) is 10.8 Å². The van der Waals surface area contributed by atoms with E-state index in [1.165, 1.54) is 0 Å². The number of hydrogen-bond acceptors (Lipinski definition) is 6. The number of likely N-dealkylation sites (N-methyl/N-ethyl adjacent to an activating group) is 1. The molecule has 1 aromatic rings. The zero-order valence-electron chi connectivity index (χ0n) is 17.5. The van der Waals surface area contributed by atoms with E-state index in [1.807, 2.05) is 12.1 Å². The summed E-state index contributed by atoms with van der Waals surface area (Å²) in [6.07, 6.45) is 4.50. The summed E-state index contributed by atoms with van der Waals surface area (Å²) in [5.74, 6) is -1.76. The molecule has 3 unspecified atom stereocenters. The minimum absolute atomic E-state index is 0.0261. The molecule has 0 spiro atoms. The summed E-state index contributed by atoms with van der Waals surface area (Å²) in [4.78, 5) is 21.0. The summed E-state index contributed by atoms with van der Waals surface area (Å²) in [6.45, 7) is 2.12. The SMILES string of the molecule is CC(O)C(=O)[O-].C[N+]1(C)CC[C@]23CC(O)C=CC2[C@H]1Cc1ccc(C(N)=O)c(O)c13. The normalized spacial score (nSPS) is 31.4. The van der Waals surface area contributed by atoms with Crippen LogP contribution < -0.4 is 10.8 Å². The maximum atomic E-state index is 11.7. The number of fused-ring (bicyclic) bond motifs is 1. The molecule has 1 aliphatic heterocycles. The molecule has 2 aliphatic carbocycles. The fourth-order valence-corrected chi connectivity index (χ4v) is 5.41. The number of carbonyl (C=O) groups is 2. The maximum absolute atomic E-state index is 11.7. The molecule has 1 amide bonds. The summed E-state index contributed by atoms with van der Waals surface area (Å²) < 4.78 is 0.935. The first-order valence-corrected chi connectivity index (χ1v) is 10.1. The molecular weight excluding hydrogens is 388 g/mol. The topological polar surface area (TPSA) is 144 Å². The highest BCUT2D eigenvalue weighted by Crippen LogP contribution is 2.57. The molecule has 8 nitrogen and oxygen atoms in total. The predicted molar refractivity (Wildman–Crippen MR) is 107 cm³/mol. The van der Waals surface area contributed by atoms with Crippen molar-refractivity contribution in [3.63, 3.8) is 0 Å². The zero-order chi connectivity index (χ0) is 22.4. The number of aromatic hydroxyl groups is 1. The molecule has 1 heterocycles. The molecule has 3 aliphatic rings. The Bertz CT molecular complexity index is 894. The molecule has 30 heavy (non-hydrogen) atoms. The molecular formula is C22H30N2O6. The number of rotatable bonds is 2. The smallest absolute Gasteiger partial charge is 0.252 e. The molecule has 2 bridgehead atoms. The standard InChI is InChI=1S/C19H24N2O3.C3H6O3/c1-21(2)8-7-19-10-12(22)4-6-14(19)15(21)9-11-3-5-13(18(20)24)17(23)16(11)19;1-2(4)3(5)6/h3-6,12,14-15,22H,7-10H2,1-2H3,(H2-,20,23,24);2,4H,1H3,(H,5,6)/t12?,14?,15-,19+;/m1./s1. The van der Waals surface area contributed by atoms with Gasteiger partial charge in [0.1, 0.15) is 5.75 Å². The van der Waals surface area contributed by atoms with Gasteiger partial charge in [0, 0.05) is 29.7 Å². The van der Waals surface area contributed by atoms with Crippen LogP contribution in [0.4, 0.5) is 0 Å². The van der Waals surface area contributed by atoms with Gasteiger partial charge in [-0.25, -0.2) is 0 Å². The molecule has 0 saturated carbocycles. The number of benzene rings is 1. The van der Waals surface area contributed by atoms with Gasteiger partial charge in [-0.1, -0.05) is 18.2 Å². The maximum Gasteiger partial charge on any atom is 0.252 e. The van der Waals surface area contributed by atoms with Gasteiger partial charge in [-0.2, -0.15) is 0 Å². The number of primary amides is 1. The van der Waals surface area contributed by atoms with Crippen LogP contribution in [0, 0.1) is 5.92 Å². The highest BCUT2D eigenvalue weighted by atomic mass is 16.4. The van der Waals surface area contributed by atoms with E-state index in [-0.39, 0.29) is 22.6 Å². The third kappa shape index (κ3) is 3.59. The van der Waals surface area contributed by atoms with Crippen molar-refractivity contribution < 1.29 is 34.5 Å². The third-order valence-corrected chi connectivity index (χ3v) is 7.00. The Hall–Kier alpha value is -2.42. The highest BCUT2D eigenvalue weighted by molar-refractivity contribution is 5.96. The molecule has 5 N–H and O–H groups in total. The van der Waals surface area contributed by atoms with Crippen molar-refractivity contribution in [1.29, 1.82) is 0 Å². The van der Waals surface area contributed by atoms with Crippen molar-refractivity contribution in [2.45, 2.75) is 49.9 Å². The van der Waals surface area contributed by atoms with Crippen molar-refractivity contribution in [2.24, 2.45) is 11.7 Å². The number of phenols is 1.